The van der Waals surface area contributed by atoms with Gasteiger partial charge in [0.15, 0.2) is 0 Å². The zero-order valence-electron chi connectivity index (χ0n) is 10.5. The molecule has 2 N–H and O–H groups in total. The largest absolute Gasteiger partial charge is 0.494 e. The van der Waals surface area contributed by atoms with Crippen molar-refractivity contribution in [3.05, 3.63) is 18.2 Å². The summed E-state index contributed by atoms with van der Waals surface area (Å²) >= 11 is 1.48. The smallest absolute Gasteiger partial charge is 0.232 e. The first-order valence-corrected chi connectivity index (χ1v) is 7.12. The van der Waals surface area contributed by atoms with Crippen LogP contribution in [0.2, 0.25) is 0 Å². The third-order valence-electron chi connectivity index (χ3n) is 2.86. The van der Waals surface area contributed by atoms with E-state index in [1.807, 2.05) is 30.0 Å². The molecule has 0 spiro atoms. The number of thioether (sulfide) groups is 1. The number of hydrogen-bond acceptors (Lipinski definition) is 4. The molecular formula is C13H18N2O2S. The van der Waals surface area contributed by atoms with Crippen LogP contribution in [-0.4, -0.2) is 36.3 Å². The van der Waals surface area contributed by atoms with E-state index in [4.69, 9.17) is 10.5 Å². The van der Waals surface area contributed by atoms with Gasteiger partial charge in [-0.15, -0.1) is 11.8 Å². The van der Waals surface area contributed by atoms with E-state index in [0.717, 1.165) is 30.2 Å². The van der Waals surface area contributed by atoms with Crippen molar-refractivity contribution in [1.29, 1.82) is 0 Å². The first-order chi connectivity index (χ1) is 8.70. The van der Waals surface area contributed by atoms with Crippen LogP contribution in [0.5, 0.6) is 5.75 Å². The van der Waals surface area contributed by atoms with Crippen LogP contribution >= 0.6 is 11.8 Å². The maximum Gasteiger partial charge on any atom is 0.232 e. The van der Waals surface area contributed by atoms with E-state index in [0.29, 0.717) is 18.0 Å². The molecule has 0 aromatic heterocycles. The third-order valence-corrected chi connectivity index (χ3v) is 3.91. The summed E-state index contributed by atoms with van der Waals surface area (Å²) in [6.45, 7) is 4.36. The highest BCUT2D eigenvalue weighted by atomic mass is 32.2. The first-order valence-electron chi connectivity index (χ1n) is 6.13. The standard InChI is InChI=1S/C13H18N2O2S/c1-2-17-10-4-5-11(14)12(8-10)18-9-13(16)15-6-3-7-15/h4-5,8H,2-3,6-7,9,14H2,1H3. The number of nitrogen functional groups attached to an aromatic ring is 1. The molecule has 4 nitrogen and oxygen atoms in total. The van der Waals surface area contributed by atoms with Crippen molar-refractivity contribution in [1.82, 2.24) is 4.90 Å². The number of anilines is 1. The zero-order chi connectivity index (χ0) is 13.0. The minimum Gasteiger partial charge on any atom is -0.494 e. The van der Waals surface area contributed by atoms with Crippen molar-refractivity contribution in [2.45, 2.75) is 18.2 Å². The van der Waals surface area contributed by atoms with Gasteiger partial charge >= 0.3 is 0 Å². The second-order valence-corrected chi connectivity index (χ2v) is 5.17. The minimum atomic E-state index is 0.187. The SMILES string of the molecule is CCOc1ccc(N)c(SCC(=O)N2CCC2)c1. The summed E-state index contributed by atoms with van der Waals surface area (Å²) in [6, 6.07) is 5.56. The molecule has 0 aliphatic carbocycles. The van der Waals surface area contributed by atoms with Gasteiger partial charge in [0.1, 0.15) is 5.75 Å². The lowest BCUT2D eigenvalue weighted by molar-refractivity contribution is -0.131. The van der Waals surface area contributed by atoms with Crippen molar-refractivity contribution >= 4 is 23.4 Å². The molecule has 0 radical (unpaired) electrons. The number of carbonyl (C=O) groups is 1. The number of rotatable bonds is 5. The van der Waals surface area contributed by atoms with E-state index >= 15 is 0 Å². The molecular weight excluding hydrogens is 248 g/mol. The Morgan fingerprint density at radius 2 is 2.28 bits per heavy atom. The van der Waals surface area contributed by atoms with E-state index < -0.39 is 0 Å². The van der Waals surface area contributed by atoms with Crippen LogP contribution in [-0.2, 0) is 4.79 Å². The first kappa shape index (κ1) is 13.1. The van der Waals surface area contributed by atoms with E-state index in [1.54, 1.807) is 0 Å². The summed E-state index contributed by atoms with van der Waals surface area (Å²) < 4.78 is 5.42. The molecule has 0 saturated carbocycles. The number of carbonyl (C=O) groups excluding carboxylic acids is 1. The second kappa shape index (κ2) is 6.00. The summed E-state index contributed by atoms with van der Waals surface area (Å²) in [7, 11) is 0. The van der Waals surface area contributed by atoms with E-state index in [2.05, 4.69) is 0 Å². The van der Waals surface area contributed by atoms with Gasteiger partial charge in [0.25, 0.3) is 0 Å². The predicted octanol–water partition coefficient (Wildman–Crippen LogP) is 1.99. The molecule has 1 fully saturated rings. The minimum absolute atomic E-state index is 0.187. The maximum absolute atomic E-state index is 11.8. The number of hydrogen-bond donors (Lipinski definition) is 1. The number of ether oxygens (including phenoxy) is 1. The summed E-state index contributed by atoms with van der Waals surface area (Å²) in [4.78, 5) is 14.5. The van der Waals surface area contributed by atoms with Crippen molar-refractivity contribution in [2.75, 3.05) is 31.2 Å². The van der Waals surface area contributed by atoms with Crippen LogP contribution in [0.1, 0.15) is 13.3 Å². The Morgan fingerprint density at radius 3 is 2.89 bits per heavy atom. The molecule has 18 heavy (non-hydrogen) atoms. The topological polar surface area (TPSA) is 55.6 Å². The fourth-order valence-electron chi connectivity index (χ4n) is 1.69. The summed E-state index contributed by atoms with van der Waals surface area (Å²) in [5, 5.41) is 0. The molecule has 1 amide bonds. The van der Waals surface area contributed by atoms with Crippen molar-refractivity contribution in [2.24, 2.45) is 0 Å². The number of amides is 1. The molecule has 1 heterocycles. The van der Waals surface area contributed by atoms with E-state index in [9.17, 15) is 4.79 Å². The molecule has 0 atom stereocenters. The van der Waals surface area contributed by atoms with E-state index in [1.165, 1.54) is 11.8 Å². The number of nitrogens with two attached hydrogens (primary N) is 1. The third kappa shape index (κ3) is 3.10. The Balaban J connectivity index is 1.94. The number of nitrogens with zero attached hydrogens (tertiary/aromatic N) is 1. The fraction of sp³-hybridized carbons (Fsp3) is 0.462. The summed E-state index contributed by atoms with van der Waals surface area (Å²) in [5.74, 6) is 1.43. The van der Waals surface area contributed by atoms with Crippen LogP contribution in [0.15, 0.2) is 23.1 Å². The molecule has 1 saturated heterocycles. The molecule has 0 bridgehead atoms. The van der Waals surface area contributed by atoms with Crippen molar-refractivity contribution in [3.63, 3.8) is 0 Å². The van der Waals surface area contributed by atoms with Gasteiger partial charge in [0.05, 0.1) is 12.4 Å². The van der Waals surface area contributed by atoms with Crippen molar-refractivity contribution in [3.8, 4) is 5.75 Å². The molecule has 5 heteroatoms. The highest BCUT2D eigenvalue weighted by Gasteiger charge is 2.20. The molecule has 1 aliphatic heterocycles. The van der Waals surface area contributed by atoms with Crippen LogP contribution in [0, 0.1) is 0 Å². The van der Waals surface area contributed by atoms with Gasteiger partial charge in [0.2, 0.25) is 5.91 Å². The van der Waals surface area contributed by atoms with Gasteiger partial charge in [-0.1, -0.05) is 0 Å². The van der Waals surface area contributed by atoms with Gasteiger partial charge in [-0.05, 0) is 31.5 Å². The highest BCUT2D eigenvalue weighted by Crippen LogP contribution is 2.29. The van der Waals surface area contributed by atoms with E-state index in [-0.39, 0.29) is 5.91 Å². The van der Waals surface area contributed by atoms with Gasteiger partial charge in [-0.2, -0.15) is 0 Å². The van der Waals surface area contributed by atoms with Crippen LogP contribution < -0.4 is 10.5 Å². The quantitative estimate of drug-likeness (QED) is 0.654. The normalized spacial score (nSPS) is 14.2. The van der Waals surface area contributed by atoms with Crippen LogP contribution in [0.4, 0.5) is 5.69 Å². The molecule has 1 aromatic carbocycles. The average Bonchev–Trinajstić information content (AvgIpc) is 2.28. The molecule has 2 rings (SSSR count). The lowest BCUT2D eigenvalue weighted by Gasteiger charge is -2.30. The average molecular weight is 266 g/mol. The van der Waals surface area contributed by atoms with Gasteiger partial charge in [-0.3, -0.25) is 4.79 Å². The van der Waals surface area contributed by atoms with Crippen LogP contribution in [0.25, 0.3) is 0 Å². The maximum atomic E-state index is 11.8. The Kier molecular flexibility index (Phi) is 4.36. The lowest BCUT2D eigenvalue weighted by Crippen LogP contribution is -2.43. The van der Waals surface area contributed by atoms with Crippen LogP contribution in [0.3, 0.4) is 0 Å². The molecule has 98 valence electrons. The Morgan fingerprint density at radius 1 is 1.50 bits per heavy atom. The summed E-state index contributed by atoms with van der Waals surface area (Å²) in [5.41, 5.74) is 6.59. The Labute approximate surface area is 111 Å². The monoisotopic (exact) mass is 266 g/mol. The Bertz CT molecular complexity index is 433. The van der Waals surface area contributed by atoms with Crippen molar-refractivity contribution < 1.29 is 9.53 Å². The predicted molar refractivity (Wildman–Crippen MR) is 73.9 cm³/mol. The molecule has 1 aromatic rings. The number of benzene rings is 1. The highest BCUT2D eigenvalue weighted by molar-refractivity contribution is 8.00. The fourth-order valence-corrected chi connectivity index (χ4v) is 2.59. The van der Waals surface area contributed by atoms with Gasteiger partial charge in [-0.25, -0.2) is 0 Å². The molecule has 0 unspecified atom stereocenters. The summed E-state index contributed by atoms with van der Waals surface area (Å²) in [6.07, 6.45) is 1.12. The zero-order valence-corrected chi connectivity index (χ0v) is 11.3. The Hall–Kier alpha value is -1.36. The number of likely N-dealkylation sites (tertiary alicyclic amines) is 1. The lowest BCUT2D eigenvalue weighted by atomic mass is 10.2. The molecule has 1 aliphatic rings. The van der Waals surface area contributed by atoms with Gasteiger partial charge < -0.3 is 15.4 Å². The second-order valence-electron chi connectivity index (χ2n) is 4.16. The van der Waals surface area contributed by atoms with Gasteiger partial charge in [0, 0.05) is 23.7 Å².